The molecule has 19 heavy (non-hydrogen) atoms. The largest absolute Gasteiger partial charge is 0.370 e. The minimum absolute atomic E-state index is 0.220. The predicted molar refractivity (Wildman–Crippen MR) is 80.1 cm³/mol. The summed E-state index contributed by atoms with van der Waals surface area (Å²) in [6, 6.07) is 8.34. The van der Waals surface area contributed by atoms with Gasteiger partial charge in [-0.3, -0.25) is 4.79 Å². The zero-order valence-electron chi connectivity index (χ0n) is 11.5. The van der Waals surface area contributed by atoms with Crippen LogP contribution >= 0.6 is 11.6 Å². The summed E-state index contributed by atoms with van der Waals surface area (Å²) in [5.74, 6) is -0.220. The van der Waals surface area contributed by atoms with Gasteiger partial charge in [0.05, 0.1) is 0 Å². The Morgan fingerprint density at radius 3 is 2.58 bits per heavy atom. The SMILES string of the molecule is CCCC(NCCCCC(N)=O)c1ccc(Cl)cc1. The van der Waals surface area contributed by atoms with Crippen molar-refractivity contribution >= 4 is 17.5 Å². The van der Waals surface area contributed by atoms with Crippen molar-refractivity contribution in [1.82, 2.24) is 5.32 Å². The molecule has 0 spiro atoms. The molecule has 0 aliphatic rings. The Hall–Kier alpha value is -1.06. The smallest absolute Gasteiger partial charge is 0.217 e. The Balaban J connectivity index is 2.40. The lowest BCUT2D eigenvalue weighted by molar-refractivity contribution is -0.118. The number of nitrogens with one attached hydrogen (secondary N) is 1. The van der Waals surface area contributed by atoms with Gasteiger partial charge in [0.2, 0.25) is 5.91 Å². The second kappa shape index (κ2) is 8.94. The van der Waals surface area contributed by atoms with Gasteiger partial charge in [-0.2, -0.15) is 0 Å². The summed E-state index contributed by atoms with van der Waals surface area (Å²) in [4.78, 5) is 10.6. The Morgan fingerprint density at radius 2 is 2.00 bits per heavy atom. The van der Waals surface area contributed by atoms with Crippen molar-refractivity contribution in [3.63, 3.8) is 0 Å². The van der Waals surface area contributed by atoms with E-state index in [0.29, 0.717) is 12.5 Å². The molecule has 0 aromatic heterocycles. The number of halogens is 1. The summed E-state index contributed by atoms with van der Waals surface area (Å²) in [6.07, 6.45) is 4.51. The van der Waals surface area contributed by atoms with Crippen LogP contribution in [0.25, 0.3) is 0 Å². The summed E-state index contributed by atoms with van der Waals surface area (Å²) in [5.41, 5.74) is 6.38. The van der Waals surface area contributed by atoms with E-state index in [9.17, 15) is 4.79 Å². The normalized spacial score (nSPS) is 12.3. The van der Waals surface area contributed by atoms with Gasteiger partial charge in [0.15, 0.2) is 0 Å². The van der Waals surface area contributed by atoms with Gasteiger partial charge in [0.25, 0.3) is 0 Å². The fraction of sp³-hybridized carbons (Fsp3) is 0.533. The van der Waals surface area contributed by atoms with Crippen molar-refractivity contribution in [1.29, 1.82) is 0 Å². The molecule has 1 unspecified atom stereocenters. The Labute approximate surface area is 120 Å². The van der Waals surface area contributed by atoms with Crippen LogP contribution < -0.4 is 11.1 Å². The number of unbranched alkanes of at least 4 members (excludes halogenated alkanes) is 1. The maximum Gasteiger partial charge on any atom is 0.217 e. The fourth-order valence-corrected chi connectivity index (χ4v) is 2.20. The lowest BCUT2D eigenvalue weighted by atomic mass is 10.0. The first kappa shape index (κ1) is 16.0. The molecule has 0 fully saturated rings. The average molecular weight is 283 g/mol. The van der Waals surface area contributed by atoms with Crippen LogP contribution in [-0.2, 0) is 4.79 Å². The molecule has 0 saturated carbocycles. The van der Waals surface area contributed by atoms with E-state index >= 15 is 0 Å². The van der Waals surface area contributed by atoms with Crippen LogP contribution in [0.2, 0.25) is 5.02 Å². The van der Waals surface area contributed by atoms with Crippen LogP contribution in [0.3, 0.4) is 0 Å². The molecule has 4 heteroatoms. The summed E-state index contributed by atoms with van der Waals surface area (Å²) < 4.78 is 0. The van der Waals surface area contributed by atoms with Gasteiger partial charge >= 0.3 is 0 Å². The molecule has 3 nitrogen and oxygen atoms in total. The molecule has 1 aromatic rings. The molecule has 106 valence electrons. The number of carbonyl (C=O) groups excluding carboxylic acids is 1. The number of rotatable bonds is 9. The van der Waals surface area contributed by atoms with Gasteiger partial charge in [-0.1, -0.05) is 37.1 Å². The molecule has 1 atom stereocenters. The number of hydrogen-bond acceptors (Lipinski definition) is 2. The third-order valence-corrected chi connectivity index (χ3v) is 3.34. The van der Waals surface area contributed by atoms with Crippen molar-refractivity contribution in [2.75, 3.05) is 6.54 Å². The van der Waals surface area contributed by atoms with E-state index in [1.165, 1.54) is 5.56 Å². The Bertz CT molecular complexity index is 378. The quantitative estimate of drug-likeness (QED) is 0.682. The van der Waals surface area contributed by atoms with Crippen LogP contribution in [0.5, 0.6) is 0 Å². The third kappa shape index (κ3) is 6.60. The highest BCUT2D eigenvalue weighted by atomic mass is 35.5. The highest BCUT2D eigenvalue weighted by Gasteiger charge is 2.09. The topological polar surface area (TPSA) is 55.1 Å². The van der Waals surface area contributed by atoms with E-state index < -0.39 is 0 Å². The maximum atomic E-state index is 10.6. The lowest BCUT2D eigenvalue weighted by Crippen LogP contribution is -2.22. The van der Waals surface area contributed by atoms with Crippen LogP contribution in [0.15, 0.2) is 24.3 Å². The molecule has 0 heterocycles. The van der Waals surface area contributed by atoms with Crippen LogP contribution in [0.4, 0.5) is 0 Å². The van der Waals surface area contributed by atoms with Crippen molar-refractivity contribution in [3.8, 4) is 0 Å². The molecule has 1 rings (SSSR count). The summed E-state index contributed by atoms with van der Waals surface area (Å²) in [7, 11) is 0. The van der Waals surface area contributed by atoms with Gasteiger partial charge in [-0.05, 0) is 43.5 Å². The van der Waals surface area contributed by atoms with E-state index in [-0.39, 0.29) is 5.91 Å². The van der Waals surface area contributed by atoms with Crippen molar-refractivity contribution in [2.24, 2.45) is 5.73 Å². The molecule has 1 aromatic carbocycles. The van der Waals surface area contributed by atoms with Crippen LogP contribution in [0, 0.1) is 0 Å². The molecule has 0 aliphatic carbocycles. The molecular weight excluding hydrogens is 260 g/mol. The first-order chi connectivity index (χ1) is 9.13. The molecule has 0 saturated heterocycles. The maximum absolute atomic E-state index is 10.6. The van der Waals surface area contributed by atoms with E-state index in [0.717, 1.165) is 37.3 Å². The van der Waals surface area contributed by atoms with Crippen molar-refractivity contribution in [3.05, 3.63) is 34.9 Å². The second-order valence-corrected chi connectivity index (χ2v) is 5.21. The fourth-order valence-electron chi connectivity index (χ4n) is 2.07. The molecule has 0 aliphatic heterocycles. The van der Waals surface area contributed by atoms with E-state index in [1.54, 1.807) is 0 Å². The molecule has 1 amide bonds. The minimum Gasteiger partial charge on any atom is -0.370 e. The summed E-state index contributed by atoms with van der Waals surface area (Å²) >= 11 is 5.90. The second-order valence-electron chi connectivity index (χ2n) is 4.77. The number of benzene rings is 1. The highest BCUT2D eigenvalue weighted by molar-refractivity contribution is 6.30. The number of hydrogen-bond donors (Lipinski definition) is 2. The molecule has 3 N–H and O–H groups in total. The predicted octanol–water partition coefficient (Wildman–Crippen LogP) is 3.43. The van der Waals surface area contributed by atoms with E-state index in [2.05, 4.69) is 24.4 Å². The summed E-state index contributed by atoms with van der Waals surface area (Å²) in [6.45, 7) is 3.08. The van der Waals surface area contributed by atoms with Crippen LogP contribution in [0.1, 0.15) is 50.6 Å². The molecule has 0 bridgehead atoms. The minimum atomic E-state index is -0.220. The van der Waals surface area contributed by atoms with Crippen molar-refractivity contribution < 1.29 is 4.79 Å². The third-order valence-electron chi connectivity index (χ3n) is 3.09. The number of primary amides is 1. The van der Waals surface area contributed by atoms with Crippen molar-refractivity contribution in [2.45, 2.75) is 45.1 Å². The van der Waals surface area contributed by atoms with Crippen LogP contribution in [-0.4, -0.2) is 12.5 Å². The number of carbonyl (C=O) groups is 1. The number of amides is 1. The monoisotopic (exact) mass is 282 g/mol. The Morgan fingerprint density at radius 1 is 1.32 bits per heavy atom. The lowest BCUT2D eigenvalue weighted by Gasteiger charge is -2.18. The van der Waals surface area contributed by atoms with Gasteiger partial charge in [-0.15, -0.1) is 0 Å². The van der Waals surface area contributed by atoms with Gasteiger partial charge < -0.3 is 11.1 Å². The zero-order chi connectivity index (χ0) is 14.1. The average Bonchev–Trinajstić information content (AvgIpc) is 2.38. The first-order valence-electron chi connectivity index (χ1n) is 6.90. The standard InChI is InChI=1S/C15H23ClN2O/c1-2-5-14(12-7-9-13(16)10-8-12)18-11-4-3-6-15(17)19/h7-10,14,18H,2-6,11H2,1H3,(H2,17,19). The highest BCUT2D eigenvalue weighted by Crippen LogP contribution is 2.20. The van der Waals surface area contributed by atoms with Gasteiger partial charge in [0, 0.05) is 17.5 Å². The van der Waals surface area contributed by atoms with Gasteiger partial charge in [0.1, 0.15) is 0 Å². The van der Waals surface area contributed by atoms with E-state index in [1.807, 2.05) is 12.1 Å². The Kier molecular flexibility index (Phi) is 7.53. The first-order valence-corrected chi connectivity index (χ1v) is 7.28. The number of nitrogens with two attached hydrogens (primary N) is 1. The molecular formula is C15H23ClN2O. The summed E-state index contributed by atoms with van der Waals surface area (Å²) in [5, 5.41) is 4.30. The molecule has 0 radical (unpaired) electrons. The van der Waals surface area contributed by atoms with Gasteiger partial charge in [-0.25, -0.2) is 0 Å². The zero-order valence-corrected chi connectivity index (χ0v) is 12.2. The van der Waals surface area contributed by atoms with E-state index in [4.69, 9.17) is 17.3 Å².